The van der Waals surface area contributed by atoms with Gasteiger partial charge in [0.2, 0.25) is 5.82 Å². The molecule has 0 atom stereocenters. The third-order valence-corrected chi connectivity index (χ3v) is 4.54. The van der Waals surface area contributed by atoms with E-state index >= 15 is 0 Å². The van der Waals surface area contributed by atoms with E-state index in [1.807, 2.05) is 62.4 Å². The fourth-order valence-corrected chi connectivity index (χ4v) is 3.02. The van der Waals surface area contributed by atoms with Crippen molar-refractivity contribution < 1.29 is 9.18 Å². The molecule has 0 saturated heterocycles. The van der Waals surface area contributed by atoms with Crippen molar-refractivity contribution in [3.63, 3.8) is 0 Å². The average Bonchev–Trinajstić information content (AvgIpc) is 3.17. The van der Waals surface area contributed by atoms with Crippen molar-refractivity contribution in [2.45, 2.75) is 13.8 Å². The maximum Gasteiger partial charge on any atom is 0.295 e. The molecule has 4 rings (SSSR count). The third kappa shape index (κ3) is 3.91. The molecule has 1 N–H and O–H groups in total. The fourth-order valence-electron chi connectivity index (χ4n) is 3.02. The molecule has 0 aliphatic carbocycles. The molecule has 0 aliphatic rings. The van der Waals surface area contributed by atoms with Crippen LogP contribution >= 0.6 is 0 Å². The van der Waals surface area contributed by atoms with Crippen LogP contribution in [0.2, 0.25) is 0 Å². The van der Waals surface area contributed by atoms with Crippen molar-refractivity contribution in [3.8, 4) is 17.1 Å². The molecule has 0 unspecified atom stereocenters. The molecule has 3 aromatic carbocycles. The maximum atomic E-state index is 13.1. The molecular formula is C23H19FN4O. The summed E-state index contributed by atoms with van der Waals surface area (Å²) >= 11 is 0. The highest BCUT2D eigenvalue weighted by Gasteiger charge is 2.20. The Balaban J connectivity index is 1.78. The highest BCUT2D eigenvalue weighted by atomic mass is 19.1. The summed E-state index contributed by atoms with van der Waals surface area (Å²) in [6.07, 6.45) is 0. The van der Waals surface area contributed by atoms with Crippen molar-refractivity contribution in [2.75, 3.05) is 5.32 Å². The fraction of sp³-hybridized carbons (Fsp3) is 0.0870. The monoisotopic (exact) mass is 386 g/mol. The first-order chi connectivity index (χ1) is 14.0. The van der Waals surface area contributed by atoms with Gasteiger partial charge in [-0.15, -0.1) is 5.10 Å². The first kappa shape index (κ1) is 18.6. The summed E-state index contributed by atoms with van der Waals surface area (Å²) in [5, 5.41) is 7.20. The van der Waals surface area contributed by atoms with E-state index in [0.29, 0.717) is 11.5 Å². The van der Waals surface area contributed by atoms with Gasteiger partial charge in [0, 0.05) is 11.3 Å². The molecule has 5 nitrogen and oxygen atoms in total. The summed E-state index contributed by atoms with van der Waals surface area (Å²) in [5.41, 5.74) is 4.28. The summed E-state index contributed by atoms with van der Waals surface area (Å²) in [4.78, 5) is 17.2. The zero-order valence-corrected chi connectivity index (χ0v) is 16.1. The van der Waals surface area contributed by atoms with Crippen molar-refractivity contribution in [1.29, 1.82) is 0 Å². The molecule has 0 bridgehead atoms. The minimum Gasteiger partial charge on any atom is -0.319 e. The van der Waals surface area contributed by atoms with Crippen LogP contribution in [0.25, 0.3) is 17.1 Å². The second kappa shape index (κ2) is 7.67. The summed E-state index contributed by atoms with van der Waals surface area (Å²) < 4.78 is 14.8. The van der Waals surface area contributed by atoms with Gasteiger partial charge in [-0.25, -0.2) is 14.1 Å². The molecule has 6 heteroatoms. The number of hydrogen-bond acceptors (Lipinski definition) is 3. The lowest BCUT2D eigenvalue weighted by Crippen LogP contribution is -2.14. The number of amides is 1. The Kier molecular flexibility index (Phi) is 4.91. The van der Waals surface area contributed by atoms with Gasteiger partial charge < -0.3 is 5.32 Å². The van der Waals surface area contributed by atoms with Crippen LogP contribution in [-0.4, -0.2) is 20.7 Å². The number of hydrogen-bond donors (Lipinski definition) is 1. The van der Waals surface area contributed by atoms with Crippen LogP contribution in [0.5, 0.6) is 0 Å². The number of anilines is 1. The number of nitrogens with one attached hydrogen (secondary N) is 1. The summed E-state index contributed by atoms with van der Waals surface area (Å²) in [6.45, 7) is 3.99. The number of aromatic nitrogens is 3. The Bertz CT molecular complexity index is 1170. The lowest BCUT2D eigenvalue weighted by molar-refractivity contribution is 0.101. The van der Waals surface area contributed by atoms with Crippen molar-refractivity contribution in [1.82, 2.24) is 14.8 Å². The first-order valence-corrected chi connectivity index (χ1v) is 9.18. The minimum atomic E-state index is -0.460. The van der Waals surface area contributed by atoms with Crippen LogP contribution in [0.4, 0.5) is 10.1 Å². The van der Waals surface area contributed by atoms with Gasteiger partial charge in [-0.3, -0.25) is 4.79 Å². The van der Waals surface area contributed by atoms with Gasteiger partial charge in [-0.05, 0) is 55.3 Å². The molecule has 0 aliphatic heterocycles. The van der Waals surface area contributed by atoms with E-state index in [9.17, 15) is 9.18 Å². The highest BCUT2D eigenvalue weighted by Crippen LogP contribution is 2.24. The van der Waals surface area contributed by atoms with Gasteiger partial charge in [0.25, 0.3) is 5.91 Å². The lowest BCUT2D eigenvalue weighted by atomic mass is 10.1. The molecule has 0 fully saturated rings. The molecule has 1 heterocycles. The number of rotatable bonds is 4. The molecule has 0 spiro atoms. The third-order valence-electron chi connectivity index (χ3n) is 4.54. The zero-order valence-electron chi connectivity index (χ0n) is 16.1. The Morgan fingerprint density at radius 1 is 0.966 bits per heavy atom. The van der Waals surface area contributed by atoms with Gasteiger partial charge >= 0.3 is 0 Å². The quantitative estimate of drug-likeness (QED) is 0.540. The van der Waals surface area contributed by atoms with Gasteiger partial charge in [0.1, 0.15) is 5.82 Å². The zero-order chi connectivity index (χ0) is 20.4. The van der Waals surface area contributed by atoms with E-state index in [0.717, 1.165) is 22.4 Å². The normalized spacial score (nSPS) is 10.7. The van der Waals surface area contributed by atoms with E-state index in [1.54, 1.807) is 4.68 Å². The minimum absolute atomic E-state index is 0.0362. The van der Waals surface area contributed by atoms with E-state index in [2.05, 4.69) is 15.4 Å². The Morgan fingerprint density at radius 3 is 2.41 bits per heavy atom. The average molecular weight is 386 g/mol. The number of nitrogens with zero attached hydrogens (tertiary/aromatic N) is 3. The Labute approximate surface area is 167 Å². The molecular weight excluding hydrogens is 367 g/mol. The second-order valence-electron chi connectivity index (χ2n) is 6.79. The predicted octanol–water partition coefficient (Wildman–Crippen LogP) is 4.94. The Morgan fingerprint density at radius 2 is 1.69 bits per heavy atom. The molecule has 1 amide bonds. The van der Waals surface area contributed by atoms with Crippen molar-refractivity contribution in [3.05, 3.63) is 95.6 Å². The topological polar surface area (TPSA) is 59.8 Å². The molecule has 1 aromatic heterocycles. The van der Waals surface area contributed by atoms with E-state index < -0.39 is 5.91 Å². The molecule has 4 aromatic rings. The summed E-state index contributed by atoms with van der Waals surface area (Å²) in [7, 11) is 0. The highest BCUT2D eigenvalue weighted by molar-refractivity contribution is 6.01. The smallest absolute Gasteiger partial charge is 0.295 e. The second-order valence-corrected chi connectivity index (χ2v) is 6.79. The van der Waals surface area contributed by atoms with E-state index in [-0.39, 0.29) is 11.6 Å². The molecule has 0 radical (unpaired) electrons. The van der Waals surface area contributed by atoms with E-state index in [4.69, 9.17) is 0 Å². The molecule has 0 saturated carbocycles. The molecule has 144 valence electrons. The van der Waals surface area contributed by atoms with Gasteiger partial charge in [0.05, 0.1) is 5.69 Å². The maximum absolute atomic E-state index is 13.1. The first-order valence-electron chi connectivity index (χ1n) is 9.18. The number of carbonyl (C=O) groups is 1. The predicted molar refractivity (Wildman–Crippen MR) is 111 cm³/mol. The Hall–Kier alpha value is -3.80. The largest absolute Gasteiger partial charge is 0.319 e. The van der Waals surface area contributed by atoms with Crippen molar-refractivity contribution in [2.24, 2.45) is 0 Å². The van der Waals surface area contributed by atoms with Crippen molar-refractivity contribution >= 4 is 11.6 Å². The summed E-state index contributed by atoms with van der Waals surface area (Å²) in [5.74, 6) is -0.220. The van der Waals surface area contributed by atoms with Crippen LogP contribution in [0.1, 0.15) is 21.7 Å². The van der Waals surface area contributed by atoms with E-state index in [1.165, 1.54) is 24.3 Å². The van der Waals surface area contributed by atoms with Crippen LogP contribution in [-0.2, 0) is 0 Å². The summed E-state index contributed by atoms with van der Waals surface area (Å²) in [6, 6.07) is 21.2. The van der Waals surface area contributed by atoms with Gasteiger partial charge in [0.15, 0.2) is 5.82 Å². The number of halogens is 1. The van der Waals surface area contributed by atoms with Gasteiger partial charge in [-0.2, -0.15) is 0 Å². The van der Waals surface area contributed by atoms with Crippen LogP contribution in [0, 0.1) is 19.7 Å². The SMILES string of the molecule is Cc1ccc(C)c(-n2nc(C(=O)Nc3ccc(F)cc3)nc2-c2ccccc2)c1. The number of benzene rings is 3. The van der Waals surface area contributed by atoms with Crippen LogP contribution in [0.3, 0.4) is 0 Å². The number of carbonyl (C=O) groups excluding carboxylic acids is 1. The van der Waals surface area contributed by atoms with Crippen LogP contribution < -0.4 is 5.32 Å². The molecule has 29 heavy (non-hydrogen) atoms. The lowest BCUT2D eigenvalue weighted by Gasteiger charge is -2.10. The van der Waals surface area contributed by atoms with Gasteiger partial charge in [-0.1, -0.05) is 42.5 Å². The number of aryl methyl sites for hydroxylation is 2. The standard InChI is InChI=1S/C23H19FN4O/c1-15-8-9-16(2)20(14-15)28-22(17-6-4-3-5-7-17)26-21(27-28)23(29)25-19-12-10-18(24)11-13-19/h3-14H,1-2H3,(H,25,29). The van der Waals surface area contributed by atoms with Crippen LogP contribution in [0.15, 0.2) is 72.8 Å².